The summed E-state index contributed by atoms with van der Waals surface area (Å²) in [5.41, 5.74) is 0. The Labute approximate surface area is 169 Å². The third-order valence-electron chi connectivity index (χ3n) is 5.37. The van der Waals surface area contributed by atoms with E-state index < -0.39 is 0 Å². The average molecular weight is 392 g/mol. The van der Waals surface area contributed by atoms with E-state index >= 15 is 0 Å². The number of hydrogen-bond acceptors (Lipinski definition) is 4. The second-order valence-corrected chi connectivity index (χ2v) is 8.32. The van der Waals surface area contributed by atoms with Gasteiger partial charge in [-0.1, -0.05) is 13.8 Å². The number of nitrogens with zero attached hydrogens (tertiary/aromatic N) is 2. The van der Waals surface area contributed by atoms with Gasteiger partial charge in [-0.3, -0.25) is 4.99 Å². The normalized spacial score (nSPS) is 22.0. The minimum atomic E-state index is 0.304. The number of nitrogens with one attached hydrogen (secondary N) is 1. The topological polar surface area (TPSA) is 59.2 Å². The zero-order valence-electron chi connectivity index (χ0n) is 17.6. The molecule has 0 aromatic carbocycles. The third-order valence-corrected chi connectivity index (χ3v) is 5.37. The number of furan rings is 1. The summed E-state index contributed by atoms with van der Waals surface area (Å²) in [4.78, 5) is 7.23. The zero-order chi connectivity index (χ0) is 19.6. The lowest BCUT2D eigenvalue weighted by atomic mass is 10.1. The molecule has 0 spiro atoms. The first-order valence-corrected chi connectivity index (χ1v) is 11.0. The van der Waals surface area contributed by atoms with Crippen molar-refractivity contribution in [3.8, 4) is 0 Å². The van der Waals surface area contributed by atoms with E-state index in [4.69, 9.17) is 18.9 Å². The molecule has 1 aromatic rings. The van der Waals surface area contributed by atoms with Crippen molar-refractivity contribution in [3.63, 3.8) is 0 Å². The van der Waals surface area contributed by atoms with Gasteiger partial charge < -0.3 is 24.1 Å². The summed E-state index contributed by atoms with van der Waals surface area (Å²) in [7, 11) is 0. The SMILES string of the molecule is CC(C)CN=C(NCCc1ccco1)N1CCC(OCC2CCCCO2)CC1. The first-order valence-electron chi connectivity index (χ1n) is 11.0. The van der Waals surface area contributed by atoms with Crippen molar-refractivity contribution in [1.82, 2.24) is 10.2 Å². The average Bonchev–Trinajstić information content (AvgIpc) is 3.24. The fourth-order valence-electron chi connectivity index (χ4n) is 3.71. The quantitative estimate of drug-likeness (QED) is 0.543. The highest BCUT2D eigenvalue weighted by atomic mass is 16.5. The standard InChI is InChI=1S/C22H37N3O3/c1-18(2)16-24-22(23-11-8-19-7-5-15-26-19)25-12-9-20(10-13-25)28-17-21-6-3-4-14-27-21/h5,7,15,18,20-21H,3-4,6,8-14,16-17H2,1-2H3,(H,23,24). The Morgan fingerprint density at radius 2 is 2.14 bits per heavy atom. The number of likely N-dealkylation sites (tertiary alicyclic amines) is 1. The molecule has 2 fully saturated rings. The lowest BCUT2D eigenvalue weighted by molar-refractivity contribution is -0.0721. The van der Waals surface area contributed by atoms with E-state index in [-0.39, 0.29) is 0 Å². The van der Waals surface area contributed by atoms with Crippen molar-refractivity contribution in [2.45, 2.75) is 64.6 Å². The van der Waals surface area contributed by atoms with Crippen molar-refractivity contribution < 1.29 is 13.9 Å². The predicted molar refractivity (Wildman–Crippen MR) is 112 cm³/mol. The molecule has 0 amide bonds. The minimum absolute atomic E-state index is 0.304. The first kappa shape index (κ1) is 21.2. The van der Waals surface area contributed by atoms with Crippen LogP contribution < -0.4 is 5.32 Å². The van der Waals surface area contributed by atoms with Crippen LogP contribution in [0, 0.1) is 5.92 Å². The number of aliphatic imine (C=N–C) groups is 1. The highest BCUT2D eigenvalue weighted by Crippen LogP contribution is 2.18. The van der Waals surface area contributed by atoms with E-state index in [1.165, 1.54) is 12.8 Å². The van der Waals surface area contributed by atoms with Crippen LogP contribution in [0.5, 0.6) is 0 Å². The fraction of sp³-hybridized carbons (Fsp3) is 0.773. The maximum atomic E-state index is 6.15. The molecule has 3 rings (SSSR count). The van der Waals surface area contributed by atoms with Gasteiger partial charge in [0.05, 0.1) is 25.1 Å². The molecule has 158 valence electrons. The van der Waals surface area contributed by atoms with Crippen LogP contribution in [0.25, 0.3) is 0 Å². The summed E-state index contributed by atoms with van der Waals surface area (Å²) in [6, 6.07) is 3.96. The number of rotatable bonds is 8. The molecule has 2 aliphatic rings. The van der Waals surface area contributed by atoms with Crippen LogP contribution in [0.3, 0.4) is 0 Å². The van der Waals surface area contributed by atoms with Crippen molar-refractivity contribution >= 4 is 5.96 Å². The molecule has 0 aliphatic carbocycles. The van der Waals surface area contributed by atoms with Gasteiger partial charge in [0.2, 0.25) is 0 Å². The van der Waals surface area contributed by atoms with Gasteiger partial charge >= 0.3 is 0 Å². The predicted octanol–water partition coefficient (Wildman–Crippen LogP) is 3.47. The van der Waals surface area contributed by atoms with Gasteiger partial charge in [0.15, 0.2) is 5.96 Å². The molecular formula is C22H37N3O3. The molecule has 0 radical (unpaired) electrons. The van der Waals surface area contributed by atoms with Crippen LogP contribution in [0.2, 0.25) is 0 Å². The lowest BCUT2D eigenvalue weighted by Crippen LogP contribution is -2.48. The Hall–Kier alpha value is -1.53. The Kier molecular flexibility index (Phi) is 8.68. The van der Waals surface area contributed by atoms with Crippen LogP contribution in [-0.2, 0) is 15.9 Å². The summed E-state index contributed by atoms with van der Waals surface area (Å²) in [6.07, 6.45) is 8.95. The smallest absolute Gasteiger partial charge is 0.193 e. The third kappa shape index (κ3) is 7.13. The van der Waals surface area contributed by atoms with E-state index in [9.17, 15) is 0 Å². The van der Waals surface area contributed by atoms with Crippen molar-refractivity contribution in [2.24, 2.45) is 10.9 Å². The van der Waals surface area contributed by atoms with Crippen LogP contribution in [0.15, 0.2) is 27.8 Å². The van der Waals surface area contributed by atoms with E-state index in [2.05, 4.69) is 24.1 Å². The summed E-state index contributed by atoms with van der Waals surface area (Å²) in [5, 5.41) is 3.54. The van der Waals surface area contributed by atoms with Gasteiger partial charge in [-0.25, -0.2) is 0 Å². The van der Waals surface area contributed by atoms with Gasteiger partial charge in [0.1, 0.15) is 5.76 Å². The minimum Gasteiger partial charge on any atom is -0.469 e. The van der Waals surface area contributed by atoms with Gasteiger partial charge in [0, 0.05) is 39.2 Å². The molecule has 1 aromatic heterocycles. The summed E-state index contributed by atoms with van der Waals surface area (Å²) in [6.45, 7) is 9.71. The summed E-state index contributed by atoms with van der Waals surface area (Å²) >= 11 is 0. The van der Waals surface area contributed by atoms with Crippen molar-refractivity contribution in [3.05, 3.63) is 24.2 Å². The molecule has 3 heterocycles. The van der Waals surface area contributed by atoms with E-state index in [0.29, 0.717) is 18.1 Å². The molecule has 1 N–H and O–H groups in total. The molecule has 0 bridgehead atoms. The largest absolute Gasteiger partial charge is 0.469 e. The molecule has 2 saturated heterocycles. The van der Waals surface area contributed by atoms with Crippen LogP contribution in [-0.4, -0.2) is 62.5 Å². The van der Waals surface area contributed by atoms with Gasteiger partial charge in [-0.2, -0.15) is 0 Å². The molecular weight excluding hydrogens is 354 g/mol. The van der Waals surface area contributed by atoms with Crippen molar-refractivity contribution in [2.75, 3.05) is 39.4 Å². The monoisotopic (exact) mass is 391 g/mol. The van der Waals surface area contributed by atoms with E-state index in [1.54, 1.807) is 6.26 Å². The Morgan fingerprint density at radius 1 is 1.29 bits per heavy atom. The van der Waals surface area contributed by atoms with Crippen molar-refractivity contribution in [1.29, 1.82) is 0 Å². The fourth-order valence-corrected chi connectivity index (χ4v) is 3.71. The number of piperidine rings is 1. The zero-order valence-corrected chi connectivity index (χ0v) is 17.6. The van der Waals surface area contributed by atoms with Crippen LogP contribution in [0.4, 0.5) is 0 Å². The van der Waals surface area contributed by atoms with E-state index in [0.717, 1.165) is 76.8 Å². The molecule has 1 atom stereocenters. The lowest BCUT2D eigenvalue weighted by Gasteiger charge is -2.35. The van der Waals surface area contributed by atoms with Gasteiger partial charge in [0.25, 0.3) is 0 Å². The highest BCUT2D eigenvalue weighted by Gasteiger charge is 2.24. The van der Waals surface area contributed by atoms with Gasteiger partial charge in [-0.05, 0) is 50.2 Å². The molecule has 0 saturated carbocycles. The number of hydrogen-bond donors (Lipinski definition) is 1. The molecule has 1 unspecified atom stereocenters. The number of ether oxygens (including phenoxy) is 2. The maximum Gasteiger partial charge on any atom is 0.193 e. The highest BCUT2D eigenvalue weighted by molar-refractivity contribution is 5.80. The van der Waals surface area contributed by atoms with E-state index in [1.807, 2.05) is 12.1 Å². The molecule has 6 heteroatoms. The van der Waals surface area contributed by atoms with Gasteiger partial charge in [-0.15, -0.1) is 0 Å². The Morgan fingerprint density at radius 3 is 2.82 bits per heavy atom. The van der Waals surface area contributed by atoms with Crippen LogP contribution in [0.1, 0.15) is 51.7 Å². The second kappa shape index (κ2) is 11.5. The summed E-state index contributed by atoms with van der Waals surface area (Å²) in [5.74, 6) is 2.58. The Balaban J connectivity index is 1.42. The maximum absolute atomic E-state index is 6.15. The Bertz CT molecular complexity index is 560. The van der Waals surface area contributed by atoms with Crippen LogP contribution >= 0.6 is 0 Å². The molecule has 2 aliphatic heterocycles. The number of guanidine groups is 1. The molecule has 28 heavy (non-hydrogen) atoms. The second-order valence-electron chi connectivity index (χ2n) is 8.32. The summed E-state index contributed by atoms with van der Waals surface area (Å²) < 4.78 is 17.4. The molecule has 6 nitrogen and oxygen atoms in total. The first-order chi connectivity index (χ1) is 13.7.